The number of allylic oxidation sites excluding steroid dienone is 1. The summed E-state index contributed by atoms with van der Waals surface area (Å²) in [6, 6.07) is 0.998. The van der Waals surface area contributed by atoms with Crippen LogP contribution in [0.4, 0.5) is 5.69 Å². The second-order valence-electron chi connectivity index (χ2n) is 13.3. The summed E-state index contributed by atoms with van der Waals surface area (Å²) in [5.41, 5.74) is 4.15. The van der Waals surface area contributed by atoms with Crippen molar-refractivity contribution in [3.05, 3.63) is 45.4 Å². The van der Waals surface area contributed by atoms with Crippen LogP contribution in [-0.4, -0.2) is 88.7 Å². The smallest absolute Gasteiger partial charge is 0.255 e. The highest BCUT2D eigenvalue weighted by Gasteiger charge is 2.63. The molecular formula is C31H40N4O7. The Bertz CT molecular complexity index is 1460. The Morgan fingerprint density at radius 1 is 1.10 bits per heavy atom. The summed E-state index contributed by atoms with van der Waals surface area (Å²) in [6.45, 7) is 0.531. The summed E-state index contributed by atoms with van der Waals surface area (Å²) in [4.78, 5) is 43.2. The van der Waals surface area contributed by atoms with E-state index >= 15 is 0 Å². The number of nitrogens with zero attached hydrogens (tertiary/aromatic N) is 2. The second-order valence-corrected chi connectivity index (χ2v) is 13.3. The molecule has 1 amide bonds. The number of fused-ring (bicyclic) bond motifs is 5. The first-order valence-corrected chi connectivity index (χ1v) is 14.7. The SMILES string of the molecule is CN(C)c1c(CN[C@@H]2CC3CCC2C3)cc(O)c2c1C[C@H]1C[C@H]3[C@H](N(C)C)C(O)=C(C(N)=O)C(=O)[C@@]3(O)C(O)=C1C2=O. The molecule has 42 heavy (non-hydrogen) atoms. The maximum atomic E-state index is 14.0. The number of aliphatic hydroxyl groups is 3. The van der Waals surface area contributed by atoms with Crippen molar-refractivity contribution in [1.82, 2.24) is 10.2 Å². The van der Waals surface area contributed by atoms with Crippen LogP contribution >= 0.6 is 0 Å². The van der Waals surface area contributed by atoms with Gasteiger partial charge in [-0.15, -0.1) is 0 Å². The van der Waals surface area contributed by atoms with Gasteiger partial charge in [0.25, 0.3) is 5.91 Å². The molecule has 1 aromatic rings. The van der Waals surface area contributed by atoms with Gasteiger partial charge in [0.05, 0.1) is 11.6 Å². The summed E-state index contributed by atoms with van der Waals surface area (Å²) in [5.74, 6) is -5.02. The van der Waals surface area contributed by atoms with Gasteiger partial charge in [-0.1, -0.05) is 6.42 Å². The number of nitrogens with one attached hydrogen (secondary N) is 1. The van der Waals surface area contributed by atoms with Crippen LogP contribution in [0.25, 0.3) is 0 Å². The maximum absolute atomic E-state index is 14.0. The van der Waals surface area contributed by atoms with Crippen molar-refractivity contribution in [2.24, 2.45) is 29.4 Å². The number of carbonyl (C=O) groups is 3. The number of aliphatic hydroxyl groups excluding tert-OH is 2. The standard InChI is InChI=1S/C31H40N4O7/c1-34(2)24-16(12-33-19-8-13-5-6-14(19)7-13)11-20(36)22-17(24)9-15-10-18-25(35(3)4)27(38)23(30(32)41)29(40)31(18,42)28(39)21(15)26(22)37/h11,13-15,18-19,25,33,36,38-39,42H,5-10,12H2,1-4H3,(H2,32,41)/t13?,14?,15-,18-,19+,25-,31-/m0/s1. The lowest BCUT2D eigenvalue weighted by molar-refractivity contribution is -0.148. The molecule has 0 aromatic heterocycles. The molecular weight excluding hydrogens is 540 g/mol. The quantitative estimate of drug-likeness (QED) is 0.270. The van der Waals surface area contributed by atoms with E-state index in [9.17, 15) is 34.8 Å². The monoisotopic (exact) mass is 580 g/mol. The van der Waals surface area contributed by atoms with Crippen molar-refractivity contribution in [2.75, 3.05) is 33.1 Å². The number of likely N-dealkylation sites (N-methyl/N-ethyl adjacent to an activating group) is 1. The molecule has 2 fully saturated rings. The fraction of sp³-hybridized carbons (Fsp3) is 0.581. The molecule has 226 valence electrons. The molecule has 2 unspecified atom stereocenters. The zero-order valence-electron chi connectivity index (χ0n) is 24.5. The van der Waals surface area contributed by atoms with Gasteiger partial charge in [0, 0.05) is 43.9 Å². The summed E-state index contributed by atoms with van der Waals surface area (Å²) in [5, 5.41) is 49.1. The zero-order valence-corrected chi connectivity index (χ0v) is 24.5. The van der Waals surface area contributed by atoms with Gasteiger partial charge in [-0.05, 0) is 81.1 Å². The highest BCUT2D eigenvalue weighted by molar-refractivity contribution is 6.24. The molecule has 2 saturated carbocycles. The zero-order chi connectivity index (χ0) is 30.4. The first-order chi connectivity index (χ1) is 19.8. The lowest BCUT2D eigenvalue weighted by atomic mass is 9.58. The number of hydrogen-bond donors (Lipinski definition) is 6. The number of amides is 1. The van der Waals surface area contributed by atoms with Crippen LogP contribution < -0.4 is 16.0 Å². The number of hydrogen-bond acceptors (Lipinski definition) is 10. The number of ketones is 2. The lowest BCUT2D eigenvalue weighted by Crippen LogP contribution is -2.63. The minimum absolute atomic E-state index is 0.0307. The number of aromatic hydroxyl groups is 1. The Kier molecular flexibility index (Phi) is 6.71. The van der Waals surface area contributed by atoms with E-state index in [-0.39, 0.29) is 29.7 Å². The molecule has 5 aliphatic rings. The predicted molar refractivity (Wildman–Crippen MR) is 154 cm³/mol. The molecule has 0 saturated heterocycles. The topological polar surface area (TPSA) is 177 Å². The van der Waals surface area contributed by atoms with Crippen LogP contribution in [0.15, 0.2) is 28.7 Å². The lowest BCUT2D eigenvalue weighted by Gasteiger charge is -2.50. The van der Waals surface area contributed by atoms with E-state index in [2.05, 4.69) is 5.32 Å². The molecule has 2 bridgehead atoms. The average molecular weight is 581 g/mol. The van der Waals surface area contributed by atoms with E-state index in [0.717, 1.165) is 23.6 Å². The third-order valence-electron chi connectivity index (χ3n) is 10.5. The van der Waals surface area contributed by atoms with Gasteiger partial charge < -0.3 is 36.4 Å². The Hall–Kier alpha value is -3.41. The van der Waals surface area contributed by atoms with Gasteiger partial charge in [-0.2, -0.15) is 0 Å². The number of anilines is 1. The summed E-state index contributed by atoms with van der Waals surface area (Å²) in [7, 11) is 7.00. The number of phenolic OH excluding ortho intramolecular Hbond substituents is 1. The van der Waals surface area contributed by atoms with E-state index in [1.165, 1.54) is 19.3 Å². The van der Waals surface area contributed by atoms with Crippen molar-refractivity contribution in [2.45, 2.75) is 62.8 Å². The molecule has 0 heterocycles. The van der Waals surface area contributed by atoms with Crippen molar-refractivity contribution in [1.29, 1.82) is 0 Å². The number of benzene rings is 1. The number of phenols is 1. The van der Waals surface area contributed by atoms with Crippen LogP contribution in [0.1, 0.15) is 53.6 Å². The van der Waals surface area contributed by atoms with Crippen LogP contribution in [-0.2, 0) is 22.6 Å². The maximum Gasteiger partial charge on any atom is 0.255 e. The minimum Gasteiger partial charge on any atom is -0.510 e. The van der Waals surface area contributed by atoms with E-state index < -0.39 is 58.0 Å². The van der Waals surface area contributed by atoms with Gasteiger partial charge in [-0.3, -0.25) is 19.3 Å². The first-order valence-electron chi connectivity index (χ1n) is 14.7. The first kappa shape index (κ1) is 28.7. The van der Waals surface area contributed by atoms with E-state index in [0.29, 0.717) is 24.1 Å². The van der Waals surface area contributed by atoms with Crippen LogP contribution in [0, 0.1) is 23.7 Å². The molecule has 0 radical (unpaired) electrons. The van der Waals surface area contributed by atoms with Gasteiger partial charge >= 0.3 is 0 Å². The summed E-state index contributed by atoms with van der Waals surface area (Å²) in [6.07, 6.45) is 5.28. The van der Waals surface area contributed by atoms with Crippen molar-refractivity contribution in [3.8, 4) is 5.75 Å². The second kappa shape index (κ2) is 9.82. The normalized spacial score (nSPS) is 33.7. The van der Waals surface area contributed by atoms with Gasteiger partial charge in [0.15, 0.2) is 11.4 Å². The molecule has 1 aromatic carbocycles. The summed E-state index contributed by atoms with van der Waals surface area (Å²) < 4.78 is 0. The molecule has 0 spiro atoms. The molecule has 0 aliphatic heterocycles. The van der Waals surface area contributed by atoms with Crippen LogP contribution in [0.3, 0.4) is 0 Å². The fourth-order valence-electron chi connectivity index (χ4n) is 8.80. The molecule has 6 rings (SSSR count). The van der Waals surface area contributed by atoms with Gasteiger partial charge in [0.2, 0.25) is 5.78 Å². The molecule has 7 atom stereocenters. The van der Waals surface area contributed by atoms with Crippen molar-refractivity contribution in [3.63, 3.8) is 0 Å². The molecule has 5 aliphatic carbocycles. The molecule has 11 heteroatoms. The third-order valence-corrected chi connectivity index (χ3v) is 10.5. The van der Waals surface area contributed by atoms with Crippen LogP contribution in [0.5, 0.6) is 5.75 Å². The minimum atomic E-state index is -2.64. The van der Waals surface area contributed by atoms with Gasteiger partial charge in [-0.25, -0.2) is 0 Å². The average Bonchev–Trinajstić information content (AvgIpc) is 3.52. The highest BCUT2D eigenvalue weighted by atomic mass is 16.3. The van der Waals surface area contributed by atoms with Crippen molar-refractivity contribution < 1.29 is 34.8 Å². The Labute approximate surface area is 244 Å². The number of Topliss-reactive ketones (excluding diaryl/α,β-unsaturated/α-hetero) is 2. The largest absolute Gasteiger partial charge is 0.510 e. The molecule has 11 nitrogen and oxygen atoms in total. The van der Waals surface area contributed by atoms with Crippen molar-refractivity contribution >= 4 is 23.2 Å². The number of primary amides is 1. The Morgan fingerprint density at radius 3 is 2.38 bits per heavy atom. The van der Waals surface area contributed by atoms with Crippen LogP contribution in [0.2, 0.25) is 0 Å². The number of nitrogens with two attached hydrogens (primary N) is 1. The van der Waals surface area contributed by atoms with Gasteiger partial charge in [0.1, 0.15) is 22.8 Å². The number of carbonyl (C=O) groups excluding carboxylic acids is 3. The summed E-state index contributed by atoms with van der Waals surface area (Å²) >= 11 is 0. The number of rotatable bonds is 6. The van der Waals surface area contributed by atoms with E-state index in [1.807, 2.05) is 19.0 Å². The highest BCUT2D eigenvalue weighted by Crippen LogP contribution is 2.53. The Morgan fingerprint density at radius 2 is 1.81 bits per heavy atom. The predicted octanol–water partition coefficient (Wildman–Crippen LogP) is 1.46. The third kappa shape index (κ3) is 3.93. The van der Waals surface area contributed by atoms with E-state index in [4.69, 9.17) is 5.73 Å². The molecule has 7 N–H and O–H groups in total. The Balaban J connectivity index is 1.43. The fourth-order valence-corrected chi connectivity index (χ4v) is 8.80. The van der Waals surface area contributed by atoms with E-state index in [1.54, 1.807) is 25.1 Å².